The van der Waals surface area contributed by atoms with Gasteiger partial charge >= 0.3 is 0 Å². The van der Waals surface area contributed by atoms with Gasteiger partial charge in [-0.1, -0.05) is 11.3 Å². The number of halogens is 2. The Morgan fingerprint density at radius 3 is 2.91 bits per heavy atom. The molecule has 1 aliphatic rings. The van der Waals surface area contributed by atoms with Gasteiger partial charge in [0.15, 0.2) is 0 Å². The molecule has 1 aliphatic heterocycles. The van der Waals surface area contributed by atoms with Gasteiger partial charge in [-0.25, -0.2) is 18.0 Å². The van der Waals surface area contributed by atoms with Crippen molar-refractivity contribution in [2.75, 3.05) is 26.0 Å². The first-order valence-corrected chi connectivity index (χ1v) is 10.5. The highest BCUT2D eigenvalue weighted by molar-refractivity contribution is 5.89. The normalized spacial score (nSPS) is 16.8. The zero-order valence-corrected chi connectivity index (χ0v) is 18.1. The van der Waals surface area contributed by atoms with Crippen molar-refractivity contribution in [1.82, 2.24) is 34.5 Å². The van der Waals surface area contributed by atoms with Crippen LogP contribution in [0.2, 0.25) is 0 Å². The molecule has 33 heavy (non-hydrogen) atoms. The Balaban J connectivity index is 1.51. The lowest BCUT2D eigenvalue weighted by atomic mass is 10.1. The lowest BCUT2D eigenvalue weighted by Crippen LogP contribution is -2.43. The molecule has 1 fully saturated rings. The fourth-order valence-electron chi connectivity index (χ4n) is 4.14. The van der Waals surface area contributed by atoms with E-state index in [-0.39, 0.29) is 11.9 Å². The number of ether oxygens (including phenoxy) is 1. The molecule has 3 aromatic heterocycles. The molecule has 172 valence electrons. The number of hydrogen-bond donors (Lipinski definition) is 1. The minimum Gasteiger partial charge on any atom is -0.479 e. The highest BCUT2D eigenvalue weighted by Crippen LogP contribution is 2.33. The van der Waals surface area contributed by atoms with Crippen LogP contribution >= 0.6 is 0 Å². The number of likely N-dealkylation sites (N-methyl/N-ethyl adjacent to an activating group) is 1. The lowest BCUT2D eigenvalue weighted by Gasteiger charge is -2.30. The summed E-state index contributed by atoms with van der Waals surface area (Å²) in [6.07, 6.45) is 0.427. The van der Waals surface area contributed by atoms with Crippen LogP contribution < -0.4 is 10.1 Å². The molecule has 1 aromatic carbocycles. The fraction of sp³-hybridized carbons (Fsp3) is 0.381. The van der Waals surface area contributed by atoms with Gasteiger partial charge in [-0.2, -0.15) is 4.98 Å². The van der Waals surface area contributed by atoms with Gasteiger partial charge in [0.1, 0.15) is 17.6 Å². The van der Waals surface area contributed by atoms with Crippen LogP contribution in [-0.4, -0.2) is 73.6 Å². The van der Waals surface area contributed by atoms with Gasteiger partial charge in [0.25, 0.3) is 6.43 Å². The average Bonchev–Trinajstić information content (AvgIpc) is 3.39. The van der Waals surface area contributed by atoms with E-state index in [1.165, 1.54) is 11.8 Å². The predicted octanol–water partition coefficient (Wildman–Crippen LogP) is 2.45. The number of amides is 1. The zero-order chi connectivity index (χ0) is 23.1. The number of piperidine rings is 1. The molecule has 4 heterocycles. The molecule has 1 atom stereocenters. The molecule has 0 aliphatic carbocycles. The van der Waals surface area contributed by atoms with Crippen molar-refractivity contribution in [2.24, 2.45) is 0 Å². The number of rotatable bonds is 6. The molecule has 4 aromatic rings. The Morgan fingerprint density at radius 1 is 1.30 bits per heavy atom. The van der Waals surface area contributed by atoms with Gasteiger partial charge in [-0.05, 0) is 30.2 Å². The highest BCUT2D eigenvalue weighted by Gasteiger charge is 2.24. The third-order valence-corrected chi connectivity index (χ3v) is 5.77. The van der Waals surface area contributed by atoms with Gasteiger partial charge in [-0.3, -0.25) is 4.79 Å². The number of carbonyl (C=O) groups is 1. The summed E-state index contributed by atoms with van der Waals surface area (Å²) in [7, 11) is 3.30. The third-order valence-electron chi connectivity index (χ3n) is 5.77. The lowest BCUT2D eigenvalue weighted by molar-refractivity contribution is -0.132. The van der Waals surface area contributed by atoms with E-state index in [0.29, 0.717) is 47.8 Å². The van der Waals surface area contributed by atoms with Crippen molar-refractivity contribution >= 4 is 28.4 Å². The second-order valence-electron chi connectivity index (χ2n) is 7.99. The second kappa shape index (κ2) is 8.26. The molecular formula is C21H22F2N8O2. The van der Waals surface area contributed by atoms with E-state index in [0.717, 1.165) is 11.1 Å². The zero-order valence-electron chi connectivity index (χ0n) is 18.1. The first kappa shape index (κ1) is 21.0. The monoisotopic (exact) mass is 456 g/mol. The van der Waals surface area contributed by atoms with Gasteiger partial charge in [0.05, 0.1) is 12.6 Å². The fourth-order valence-corrected chi connectivity index (χ4v) is 4.14. The van der Waals surface area contributed by atoms with Gasteiger partial charge < -0.3 is 15.0 Å². The maximum atomic E-state index is 12.9. The van der Waals surface area contributed by atoms with Crippen molar-refractivity contribution in [1.29, 1.82) is 0 Å². The van der Waals surface area contributed by atoms with Crippen LogP contribution in [0, 0.1) is 0 Å². The SMILES string of the molecule is COc1nc(NC2CCC(=O)N(C)C2)nn2ccc(-c3ccc4nnn(CC(F)F)c4c3)c12. The van der Waals surface area contributed by atoms with Crippen molar-refractivity contribution < 1.29 is 18.3 Å². The molecule has 1 amide bonds. The van der Waals surface area contributed by atoms with Gasteiger partial charge in [-0.15, -0.1) is 10.2 Å². The highest BCUT2D eigenvalue weighted by atomic mass is 19.3. The number of methoxy groups -OCH3 is 1. The second-order valence-corrected chi connectivity index (χ2v) is 7.99. The smallest absolute Gasteiger partial charge is 0.258 e. The number of benzene rings is 1. The number of hydrogen-bond acceptors (Lipinski definition) is 7. The number of alkyl halides is 2. The number of aromatic nitrogens is 6. The topological polar surface area (TPSA) is 102 Å². The predicted molar refractivity (Wildman–Crippen MR) is 116 cm³/mol. The Bertz CT molecular complexity index is 1330. The number of nitrogens with one attached hydrogen (secondary N) is 1. The van der Waals surface area contributed by atoms with E-state index in [1.807, 2.05) is 12.1 Å². The van der Waals surface area contributed by atoms with Crippen molar-refractivity contribution in [2.45, 2.75) is 31.9 Å². The molecule has 5 rings (SSSR count). The van der Waals surface area contributed by atoms with Crippen molar-refractivity contribution in [3.8, 4) is 17.0 Å². The van der Waals surface area contributed by atoms with Crippen LogP contribution in [0.4, 0.5) is 14.7 Å². The standard InChI is InChI=1S/C21H22F2N8O2/c1-29-10-13(4-6-18(29)32)24-21-25-20(33-2)19-14(7-8-30(19)27-21)12-3-5-15-16(9-12)31(28-26-15)11-17(22)23/h3,5,7-9,13,17H,4,6,10-11H2,1-2H3,(H,24,27). The molecule has 1 saturated heterocycles. The van der Waals surface area contributed by atoms with Crippen molar-refractivity contribution in [3.63, 3.8) is 0 Å². The number of anilines is 1. The van der Waals surface area contributed by atoms with Crippen molar-refractivity contribution in [3.05, 3.63) is 30.5 Å². The molecule has 10 nitrogen and oxygen atoms in total. The number of carbonyl (C=O) groups excluding carboxylic acids is 1. The van der Waals surface area contributed by atoms with E-state index < -0.39 is 13.0 Å². The molecular weight excluding hydrogens is 434 g/mol. The quantitative estimate of drug-likeness (QED) is 0.475. The number of fused-ring (bicyclic) bond motifs is 2. The van der Waals surface area contributed by atoms with E-state index in [4.69, 9.17) is 4.74 Å². The summed E-state index contributed by atoms with van der Waals surface area (Å²) in [5.41, 5.74) is 3.26. The summed E-state index contributed by atoms with van der Waals surface area (Å²) in [6, 6.07) is 7.27. The first-order valence-electron chi connectivity index (χ1n) is 10.5. The molecule has 0 radical (unpaired) electrons. The molecule has 1 unspecified atom stereocenters. The van der Waals surface area contributed by atoms with Gasteiger partial charge in [0.2, 0.25) is 17.7 Å². The Morgan fingerprint density at radius 2 is 2.15 bits per heavy atom. The summed E-state index contributed by atoms with van der Waals surface area (Å²) in [5, 5.41) is 15.6. The molecule has 0 spiro atoms. The molecule has 0 bridgehead atoms. The maximum Gasteiger partial charge on any atom is 0.258 e. The summed E-state index contributed by atoms with van der Waals surface area (Å²) < 4.78 is 34.2. The van der Waals surface area contributed by atoms with Crippen LogP contribution in [0.5, 0.6) is 5.88 Å². The average molecular weight is 456 g/mol. The molecule has 1 N–H and O–H groups in total. The van der Waals surface area contributed by atoms with Gasteiger partial charge in [0, 0.05) is 37.8 Å². The summed E-state index contributed by atoms with van der Waals surface area (Å²) >= 11 is 0. The van der Waals surface area contributed by atoms with Crippen LogP contribution in [0.25, 0.3) is 27.7 Å². The number of likely N-dealkylation sites (tertiary alicyclic amines) is 1. The van der Waals surface area contributed by atoms with E-state index in [2.05, 4.69) is 25.7 Å². The van der Waals surface area contributed by atoms with Crippen LogP contribution in [0.15, 0.2) is 30.5 Å². The van der Waals surface area contributed by atoms with Crippen LogP contribution in [-0.2, 0) is 11.3 Å². The van der Waals surface area contributed by atoms with Crippen LogP contribution in [0.3, 0.4) is 0 Å². The Hall–Kier alpha value is -3.83. The van der Waals surface area contributed by atoms with E-state index in [1.54, 1.807) is 34.8 Å². The summed E-state index contributed by atoms with van der Waals surface area (Å²) in [4.78, 5) is 18.0. The summed E-state index contributed by atoms with van der Waals surface area (Å²) in [6.45, 7) is 0.0414. The Labute approximate surface area is 187 Å². The molecule has 0 saturated carbocycles. The summed E-state index contributed by atoms with van der Waals surface area (Å²) in [5.74, 6) is 0.884. The molecule has 12 heteroatoms. The third kappa shape index (κ3) is 3.92. The van der Waals surface area contributed by atoms with E-state index >= 15 is 0 Å². The first-order chi connectivity index (χ1) is 15.9. The Kier molecular flexibility index (Phi) is 5.27. The minimum atomic E-state index is -2.53. The number of nitrogens with zero attached hydrogens (tertiary/aromatic N) is 7. The minimum absolute atomic E-state index is 0.0370. The largest absolute Gasteiger partial charge is 0.479 e. The van der Waals surface area contributed by atoms with E-state index in [9.17, 15) is 13.6 Å². The maximum absolute atomic E-state index is 12.9. The van der Waals surface area contributed by atoms with Crippen LogP contribution in [0.1, 0.15) is 12.8 Å².